The molecular weight excluding hydrogens is 999 g/mol. The topological polar surface area (TPSA) is 9.72 Å². The monoisotopic (exact) mass is 1020 g/mol. The van der Waals surface area contributed by atoms with E-state index in [-0.39, 0.29) is 20.9 Å². The van der Waals surface area contributed by atoms with Crippen molar-refractivity contribution in [1.29, 1.82) is 0 Å². The van der Waals surface area contributed by atoms with Crippen LogP contribution in [0.15, 0.2) is 115 Å². The van der Waals surface area contributed by atoms with Crippen LogP contribution < -0.4 is 14.7 Å². The van der Waals surface area contributed by atoms with Gasteiger partial charge in [-0.25, -0.2) is 35.1 Å². The summed E-state index contributed by atoms with van der Waals surface area (Å²) in [6.45, 7) is 2.20. The fourth-order valence-corrected chi connectivity index (χ4v) is 7.62. The number of hydrogen-bond acceptors (Lipinski definition) is 3. The van der Waals surface area contributed by atoms with Gasteiger partial charge in [-0.15, -0.1) is 0 Å². The van der Waals surface area contributed by atoms with Gasteiger partial charge in [-0.3, -0.25) is 0 Å². The molecule has 0 unspecified atom stereocenters. The van der Waals surface area contributed by atoms with Crippen LogP contribution in [-0.2, 0) is 24.7 Å². The van der Waals surface area contributed by atoms with Crippen molar-refractivity contribution in [3.63, 3.8) is 0 Å². The zero-order valence-electron chi connectivity index (χ0n) is 35.4. The maximum atomic E-state index is 16.3. The van der Waals surface area contributed by atoms with E-state index in [1.54, 1.807) is 0 Å². The zero-order valence-corrected chi connectivity index (χ0v) is 35.4. The van der Waals surface area contributed by atoms with Gasteiger partial charge in [-0.05, 0) is 104 Å². The highest BCUT2D eigenvalue weighted by Crippen LogP contribution is 2.51. The van der Waals surface area contributed by atoms with E-state index >= 15 is 35.1 Å². The number of alkyl halides is 12. The molecule has 0 fully saturated rings. The minimum Gasteiger partial charge on any atom is -0.310 e. The SMILES string of the molecule is Cc1cc(N(c2cc(N(c3ccccc3)c3c(F)c(F)c(C(F)(F)F)c(F)c3F)cc(N(c3ccccc3)c3c(F)c(F)c(C(F)(F)F)c(F)c3F)c2)c2cc(C)cc(C(F)(F)F)c2)cc(C(F)(F)F)c1. The van der Waals surface area contributed by atoms with Crippen LogP contribution in [0.4, 0.5) is 139 Å². The lowest BCUT2D eigenvalue weighted by atomic mass is 10.0. The molecule has 0 aliphatic heterocycles. The Kier molecular flexibility index (Phi) is 13.3. The molecule has 0 saturated heterocycles. The lowest BCUT2D eigenvalue weighted by molar-refractivity contribution is -0.144. The van der Waals surface area contributed by atoms with E-state index in [1.807, 2.05) is 0 Å². The lowest BCUT2D eigenvalue weighted by Crippen LogP contribution is -2.23. The molecule has 0 N–H and O–H groups in total. The van der Waals surface area contributed by atoms with Crippen molar-refractivity contribution in [2.75, 3.05) is 14.7 Å². The Morgan fingerprint density at radius 1 is 0.282 bits per heavy atom. The van der Waals surface area contributed by atoms with Crippen LogP contribution in [0, 0.1) is 60.4 Å². The van der Waals surface area contributed by atoms with E-state index in [1.165, 1.54) is 12.1 Å². The largest absolute Gasteiger partial charge is 0.422 e. The Hall–Kier alpha value is -7.46. The molecule has 0 aromatic heterocycles. The molecule has 0 atom stereocenters. The number of benzene rings is 7. The maximum absolute atomic E-state index is 16.3. The molecular formula is C48H25F20N3. The Balaban J connectivity index is 1.73. The number of hydrogen-bond donors (Lipinski definition) is 0. The molecule has 23 heteroatoms. The second-order valence-corrected chi connectivity index (χ2v) is 15.4. The third-order valence-corrected chi connectivity index (χ3v) is 10.5. The molecule has 3 nitrogen and oxygen atoms in total. The third-order valence-electron chi connectivity index (χ3n) is 10.5. The quantitative estimate of drug-likeness (QED) is 0.105. The van der Waals surface area contributed by atoms with E-state index in [4.69, 9.17) is 0 Å². The molecule has 372 valence electrons. The minimum absolute atomic E-state index is 0.112. The Morgan fingerprint density at radius 2 is 0.549 bits per heavy atom. The highest BCUT2D eigenvalue weighted by atomic mass is 19.4. The summed E-state index contributed by atoms with van der Waals surface area (Å²) in [5.74, 6) is -23.3. The molecule has 0 aliphatic rings. The van der Waals surface area contributed by atoms with Gasteiger partial charge < -0.3 is 14.7 Å². The highest BCUT2D eigenvalue weighted by molar-refractivity contribution is 5.90. The van der Waals surface area contributed by atoms with E-state index in [0.717, 1.165) is 74.5 Å². The van der Waals surface area contributed by atoms with Crippen LogP contribution in [0.3, 0.4) is 0 Å². The summed E-state index contributed by atoms with van der Waals surface area (Å²) in [5, 5.41) is 0. The van der Waals surface area contributed by atoms with Crippen molar-refractivity contribution in [3.8, 4) is 0 Å². The van der Waals surface area contributed by atoms with E-state index in [9.17, 15) is 52.7 Å². The smallest absolute Gasteiger partial charge is 0.310 e. The summed E-state index contributed by atoms with van der Waals surface area (Å²) in [7, 11) is 0. The number of aryl methyl sites for hydroxylation is 2. The summed E-state index contributed by atoms with van der Waals surface area (Å²) in [6.07, 6.45) is -22.6. The molecule has 0 aliphatic carbocycles. The van der Waals surface area contributed by atoms with Crippen LogP contribution in [0.2, 0.25) is 0 Å². The number of anilines is 9. The van der Waals surface area contributed by atoms with Crippen LogP contribution >= 0.6 is 0 Å². The van der Waals surface area contributed by atoms with Gasteiger partial charge in [-0.1, -0.05) is 36.4 Å². The molecule has 0 heterocycles. The van der Waals surface area contributed by atoms with Crippen molar-refractivity contribution < 1.29 is 87.8 Å². The zero-order chi connectivity index (χ0) is 52.4. The molecule has 7 aromatic rings. The second kappa shape index (κ2) is 18.4. The molecule has 0 amide bonds. The van der Waals surface area contributed by atoms with Crippen LogP contribution in [-0.4, -0.2) is 0 Å². The maximum Gasteiger partial charge on any atom is 0.422 e. The van der Waals surface area contributed by atoms with E-state index in [0.29, 0.717) is 47.4 Å². The van der Waals surface area contributed by atoms with Gasteiger partial charge in [-0.2, -0.15) is 52.7 Å². The lowest BCUT2D eigenvalue weighted by Gasteiger charge is -2.34. The van der Waals surface area contributed by atoms with Crippen molar-refractivity contribution >= 4 is 51.2 Å². The first-order valence-corrected chi connectivity index (χ1v) is 19.8. The van der Waals surface area contributed by atoms with Crippen LogP contribution in [0.1, 0.15) is 33.4 Å². The average molecular weight is 1020 g/mol. The first-order chi connectivity index (χ1) is 32.9. The van der Waals surface area contributed by atoms with Gasteiger partial charge in [0.1, 0.15) is 22.5 Å². The molecule has 0 spiro atoms. The fraction of sp³-hybridized carbons (Fsp3) is 0.125. The standard InChI is InChI=1S/C48H25F20N3/c1-22-13-24(45(57,58)59)17-28(15-22)69(29-16-23(2)14-25(18-29)46(60,61)62)30-19-31(70(26-9-5-3-6-10-26)43-39(53)35(49)33(47(63,64)65)36(50)40(43)54)21-32(20-30)71(27-11-7-4-8-12-27)44-41(55)37(51)34(48(66,67)68)38(52)42(44)56/h3-21H,1-2H3. The predicted octanol–water partition coefficient (Wildman–Crippen LogP) is 17.9. The van der Waals surface area contributed by atoms with Gasteiger partial charge in [0.05, 0.1) is 28.2 Å². The summed E-state index contributed by atoms with van der Waals surface area (Å²) >= 11 is 0. The van der Waals surface area contributed by atoms with Crippen molar-refractivity contribution in [1.82, 2.24) is 0 Å². The summed E-state index contributed by atoms with van der Waals surface area (Å²) in [4.78, 5) is 0.798. The van der Waals surface area contributed by atoms with E-state index in [2.05, 4.69) is 0 Å². The predicted molar refractivity (Wildman–Crippen MR) is 220 cm³/mol. The molecule has 7 aromatic carbocycles. The first kappa shape index (κ1) is 51.4. The average Bonchev–Trinajstić information content (AvgIpc) is 3.26. The fourth-order valence-electron chi connectivity index (χ4n) is 7.62. The van der Waals surface area contributed by atoms with E-state index < -0.39 is 145 Å². The van der Waals surface area contributed by atoms with Gasteiger partial charge in [0, 0.05) is 22.7 Å². The number of rotatable bonds is 9. The Bertz CT molecular complexity index is 2900. The van der Waals surface area contributed by atoms with Crippen LogP contribution in [0.25, 0.3) is 0 Å². The second-order valence-electron chi connectivity index (χ2n) is 15.4. The highest BCUT2D eigenvalue weighted by Gasteiger charge is 2.46. The summed E-state index contributed by atoms with van der Waals surface area (Å²) < 4.78 is 298. The molecule has 0 bridgehead atoms. The van der Waals surface area contributed by atoms with Gasteiger partial charge in [0.25, 0.3) is 0 Å². The number of para-hydroxylation sites is 2. The Morgan fingerprint density at radius 3 is 0.817 bits per heavy atom. The normalized spacial score (nSPS) is 12.4. The van der Waals surface area contributed by atoms with Crippen molar-refractivity contribution in [2.45, 2.75) is 38.6 Å². The van der Waals surface area contributed by atoms with Gasteiger partial charge in [0.2, 0.25) is 0 Å². The summed E-state index contributed by atoms with van der Waals surface area (Å²) in [5.41, 5.74) is -19.5. The van der Waals surface area contributed by atoms with Gasteiger partial charge in [0.15, 0.2) is 46.5 Å². The van der Waals surface area contributed by atoms with Crippen molar-refractivity contribution in [3.05, 3.63) is 195 Å². The third kappa shape index (κ3) is 9.85. The first-order valence-electron chi connectivity index (χ1n) is 19.8. The van der Waals surface area contributed by atoms with Crippen molar-refractivity contribution in [2.24, 2.45) is 0 Å². The summed E-state index contributed by atoms with van der Waals surface area (Å²) in [6, 6.07) is 15.9. The number of halogens is 20. The molecule has 71 heavy (non-hydrogen) atoms. The molecule has 0 radical (unpaired) electrons. The number of nitrogens with zero attached hydrogens (tertiary/aromatic N) is 3. The molecule has 0 saturated carbocycles. The Labute approximate surface area is 387 Å². The van der Waals surface area contributed by atoms with Crippen LogP contribution in [0.5, 0.6) is 0 Å². The van der Waals surface area contributed by atoms with Gasteiger partial charge >= 0.3 is 24.7 Å². The molecule has 7 rings (SSSR count). The minimum atomic E-state index is -6.11.